The number of halogens is 8. The Morgan fingerprint density at radius 2 is 1.71 bits per heavy atom. The average Bonchev–Trinajstić information content (AvgIpc) is 2.67. The number of carbonyl (C=O) groups is 2. The molecule has 1 saturated heterocycles. The van der Waals surface area contributed by atoms with E-state index in [0.29, 0.717) is 0 Å². The molecule has 1 aromatic carbocycles. The molecule has 3 N–H and O–H groups in total. The second-order valence-corrected chi connectivity index (χ2v) is 6.56. The minimum atomic E-state index is -6.90. The van der Waals surface area contributed by atoms with Crippen LogP contribution in [-0.4, -0.2) is 53.6 Å². The molecule has 1 heterocycles. The molecule has 1 aliphatic rings. The highest BCUT2D eigenvalue weighted by molar-refractivity contribution is 5.83. The van der Waals surface area contributed by atoms with Crippen LogP contribution < -0.4 is 10.6 Å². The van der Waals surface area contributed by atoms with E-state index >= 15 is 0 Å². The van der Waals surface area contributed by atoms with Gasteiger partial charge in [0, 0.05) is 0 Å². The molecule has 3 atom stereocenters. The van der Waals surface area contributed by atoms with E-state index < -0.39 is 60.5 Å². The van der Waals surface area contributed by atoms with E-state index in [1.54, 1.807) is 0 Å². The van der Waals surface area contributed by atoms with Crippen LogP contribution in [-0.2, 0) is 9.53 Å². The van der Waals surface area contributed by atoms with Crippen LogP contribution in [0, 0.1) is 5.92 Å². The normalized spacial score (nSPS) is 25.1. The molecule has 0 saturated carbocycles. The SMILES string of the molecule is CCOC(=O)[C@@H]1[C@H](c2ccccc2)NC(=O)N[C@@]1(O)C(F)(F)C(F)(F)C(F)(F)C(F)F. The summed E-state index contributed by atoms with van der Waals surface area (Å²) in [5.41, 5.74) is -4.92. The van der Waals surface area contributed by atoms with Crippen LogP contribution in [0.15, 0.2) is 30.3 Å². The van der Waals surface area contributed by atoms with Gasteiger partial charge in [0.25, 0.3) is 0 Å². The first-order valence-corrected chi connectivity index (χ1v) is 8.59. The van der Waals surface area contributed by atoms with Crippen molar-refractivity contribution >= 4 is 12.0 Å². The number of carbonyl (C=O) groups excluding carboxylic acids is 2. The minimum Gasteiger partial charge on any atom is -0.466 e. The Kier molecular flexibility index (Phi) is 6.46. The Morgan fingerprint density at radius 3 is 2.19 bits per heavy atom. The summed E-state index contributed by atoms with van der Waals surface area (Å²) in [4.78, 5) is 24.3. The summed E-state index contributed by atoms with van der Waals surface area (Å²) >= 11 is 0. The van der Waals surface area contributed by atoms with Gasteiger partial charge in [0.2, 0.25) is 5.72 Å². The van der Waals surface area contributed by atoms with Gasteiger partial charge in [0.05, 0.1) is 12.6 Å². The maximum atomic E-state index is 14.8. The number of ether oxygens (including phenoxy) is 1. The van der Waals surface area contributed by atoms with Crippen LogP contribution in [0.3, 0.4) is 0 Å². The Labute approximate surface area is 169 Å². The summed E-state index contributed by atoms with van der Waals surface area (Å²) in [7, 11) is 0. The fraction of sp³-hybridized carbons (Fsp3) is 0.529. The molecule has 1 aromatic rings. The number of aliphatic hydroxyl groups is 1. The smallest absolute Gasteiger partial charge is 0.382 e. The van der Waals surface area contributed by atoms with Gasteiger partial charge in [-0.3, -0.25) is 4.79 Å². The number of urea groups is 1. The van der Waals surface area contributed by atoms with E-state index in [-0.39, 0.29) is 5.56 Å². The molecule has 2 rings (SSSR count). The number of nitrogens with one attached hydrogen (secondary N) is 2. The van der Waals surface area contributed by atoms with E-state index in [4.69, 9.17) is 0 Å². The summed E-state index contributed by atoms with van der Waals surface area (Å²) in [6, 6.07) is 2.57. The number of hydrogen-bond acceptors (Lipinski definition) is 4. The van der Waals surface area contributed by atoms with Crippen molar-refractivity contribution in [2.75, 3.05) is 6.61 Å². The molecule has 14 heteroatoms. The number of hydrogen-bond donors (Lipinski definition) is 3. The van der Waals surface area contributed by atoms with Crippen LogP contribution in [0.5, 0.6) is 0 Å². The molecule has 0 aromatic heterocycles. The summed E-state index contributed by atoms with van der Waals surface area (Å²) < 4.78 is 114. The molecule has 31 heavy (non-hydrogen) atoms. The molecule has 0 bridgehead atoms. The van der Waals surface area contributed by atoms with Gasteiger partial charge in [-0.25, -0.2) is 13.6 Å². The summed E-state index contributed by atoms with van der Waals surface area (Å²) in [6.45, 7) is 0.664. The Morgan fingerprint density at radius 1 is 1.16 bits per heavy atom. The van der Waals surface area contributed by atoms with E-state index in [0.717, 1.165) is 17.4 Å². The van der Waals surface area contributed by atoms with Crippen molar-refractivity contribution in [1.82, 2.24) is 10.6 Å². The third kappa shape index (κ3) is 3.77. The fourth-order valence-corrected chi connectivity index (χ4v) is 3.09. The van der Waals surface area contributed by atoms with Crippen LogP contribution in [0.1, 0.15) is 18.5 Å². The fourth-order valence-electron chi connectivity index (χ4n) is 3.09. The van der Waals surface area contributed by atoms with Gasteiger partial charge < -0.3 is 20.5 Å². The topological polar surface area (TPSA) is 87.7 Å². The van der Waals surface area contributed by atoms with Gasteiger partial charge in [-0.2, -0.15) is 26.3 Å². The van der Waals surface area contributed by atoms with Crippen molar-refractivity contribution < 1.29 is 54.6 Å². The van der Waals surface area contributed by atoms with Gasteiger partial charge in [0.1, 0.15) is 5.92 Å². The predicted octanol–water partition coefficient (Wildman–Crippen LogP) is 3.08. The van der Waals surface area contributed by atoms with Crippen molar-refractivity contribution in [1.29, 1.82) is 0 Å². The third-order valence-corrected chi connectivity index (χ3v) is 4.64. The number of benzene rings is 1. The lowest BCUT2D eigenvalue weighted by Gasteiger charge is -2.49. The lowest BCUT2D eigenvalue weighted by atomic mass is 9.76. The van der Waals surface area contributed by atoms with Gasteiger partial charge in [-0.05, 0) is 12.5 Å². The first-order valence-electron chi connectivity index (χ1n) is 8.59. The molecular weight excluding hydrogens is 448 g/mol. The van der Waals surface area contributed by atoms with Crippen molar-refractivity contribution in [3.8, 4) is 0 Å². The Balaban J connectivity index is 2.72. The Hall–Kier alpha value is -2.64. The molecule has 1 fully saturated rings. The van der Waals surface area contributed by atoms with Crippen LogP contribution in [0.25, 0.3) is 0 Å². The van der Waals surface area contributed by atoms with Gasteiger partial charge in [-0.1, -0.05) is 30.3 Å². The second-order valence-electron chi connectivity index (χ2n) is 6.56. The first-order chi connectivity index (χ1) is 14.1. The summed E-state index contributed by atoms with van der Waals surface area (Å²) in [5, 5.41) is 13.3. The molecule has 0 radical (unpaired) electrons. The van der Waals surface area contributed by atoms with E-state index in [1.807, 2.05) is 5.32 Å². The molecule has 0 aliphatic carbocycles. The molecule has 174 valence electrons. The number of alkyl halides is 8. The van der Waals surface area contributed by atoms with Crippen LogP contribution in [0.4, 0.5) is 39.9 Å². The number of rotatable bonds is 7. The van der Waals surface area contributed by atoms with E-state index in [9.17, 15) is 49.8 Å². The third-order valence-electron chi connectivity index (χ3n) is 4.64. The molecule has 6 nitrogen and oxygen atoms in total. The minimum absolute atomic E-state index is 0.173. The lowest BCUT2D eigenvalue weighted by molar-refractivity contribution is -0.385. The molecule has 2 amide bonds. The maximum Gasteiger partial charge on any atom is 0.382 e. The highest BCUT2D eigenvalue weighted by atomic mass is 19.4. The molecule has 0 unspecified atom stereocenters. The summed E-state index contributed by atoms with van der Waals surface area (Å²) in [5.74, 6) is -24.6. The van der Waals surface area contributed by atoms with Gasteiger partial charge in [0.15, 0.2) is 0 Å². The van der Waals surface area contributed by atoms with Gasteiger partial charge in [-0.15, -0.1) is 0 Å². The first kappa shape index (κ1) is 24.6. The highest BCUT2D eigenvalue weighted by Gasteiger charge is 2.84. The van der Waals surface area contributed by atoms with E-state index in [2.05, 4.69) is 4.74 Å². The number of amides is 2. The Bertz CT molecular complexity index is 824. The zero-order valence-electron chi connectivity index (χ0n) is 15.5. The molecular formula is C17H16F8N2O4. The summed E-state index contributed by atoms with van der Waals surface area (Å²) in [6.07, 6.45) is -5.26. The van der Waals surface area contributed by atoms with E-state index in [1.165, 1.54) is 25.1 Å². The second kappa shape index (κ2) is 8.13. The maximum absolute atomic E-state index is 14.8. The lowest BCUT2D eigenvalue weighted by Crippen LogP contribution is -2.79. The average molecular weight is 464 g/mol. The quantitative estimate of drug-likeness (QED) is 0.428. The van der Waals surface area contributed by atoms with Crippen molar-refractivity contribution in [3.05, 3.63) is 35.9 Å². The van der Waals surface area contributed by atoms with Gasteiger partial charge >= 0.3 is 36.2 Å². The standard InChI is InChI=1S/C17H16F8N2O4/c1-2-31-11(28)9-10(8-6-4-3-5-7-8)26-13(29)27-15(9,30)17(24,25)16(22,23)14(20,21)12(18)19/h3-7,9-10,12,30H,2H2,1H3,(H2,26,27,29)/t9-,10-,15-/m0/s1. The molecule has 0 spiro atoms. The molecule has 1 aliphatic heterocycles. The monoisotopic (exact) mass is 464 g/mol. The number of esters is 1. The van der Waals surface area contributed by atoms with Crippen LogP contribution in [0.2, 0.25) is 0 Å². The predicted molar refractivity (Wildman–Crippen MR) is 86.8 cm³/mol. The van der Waals surface area contributed by atoms with Crippen molar-refractivity contribution in [2.45, 2.75) is 42.9 Å². The zero-order chi connectivity index (χ0) is 23.8. The van der Waals surface area contributed by atoms with Crippen molar-refractivity contribution in [3.63, 3.8) is 0 Å². The van der Waals surface area contributed by atoms with Crippen LogP contribution >= 0.6 is 0 Å². The highest BCUT2D eigenvalue weighted by Crippen LogP contribution is 2.55. The zero-order valence-corrected chi connectivity index (χ0v) is 15.5. The van der Waals surface area contributed by atoms with Crippen molar-refractivity contribution in [2.24, 2.45) is 5.92 Å². The largest absolute Gasteiger partial charge is 0.466 e.